The molecule has 110 valence electrons. The van der Waals surface area contributed by atoms with Crippen LogP contribution in [0.3, 0.4) is 0 Å². The fraction of sp³-hybridized carbons (Fsp3) is 0.500. The second-order valence-corrected chi connectivity index (χ2v) is 5.75. The largest absolute Gasteiger partial charge is 0.417 e. The molecule has 1 aliphatic rings. The molecule has 1 saturated heterocycles. The molecular formula is C14H15BrF3NO. The predicted molar refractivity (Wildman–Crippen MR) is 73.5 cm³/mol. The van der Waals surface area contributed by atoms with Crippen molar-refractivity contribution in [2.45, 2.75) is 31.9 Å². The molecule has 1 fully saturated rings. The van der Waals surface area contributed by atoms with Crippen LogP contribution >= 0.6 is 15.9 Å². The molecule has 0 bridgehead atoms. The zero-order valence-corrected chi connectivity index (χ0v) is 12.4. The van der Waals surface area contributed by atoms with Crippen LogP contribution in [-0.2, 0) is 6.18 Å². The Hall–Kier alpha value is -1.04. The number of likely N-dealkylation sites (tertiary alicyclic amines) is 1. The van der Waals surface area contributed by atoms with Crippen molar-refractivity contribution in [3.63, 3.8) is 0 Å². The van der Waals surface area contributed by atoms with E-state index in [2.05, 4.69) is 15.9 Å². The molecule has 0 atom stereocenters. The number of carbonyl (C=O) groups excluding carboxylic acids is 1. The number of hydrogen-bond donors (Lipinski definition) is 0. The Kier molecular flexibility index (Phi) is 4.73. The Morgan fingerprint density at radius 2 is 1.70 bits per heavy atom. The van der Waals surface area contributed by atoms with Crippen molar-refractivity contribution in [3.05, 3.63) is 33.8 Å². The van der Waals surface area contributed by atoms with Gasteiger partial charge in [-0.05, 0) is 31.0 Å². The molecule has 6 heteroatoms. The lowest BCUT2D eigenvalue weighted by atomic mass is 10.1. The minimum Gasteiger partial charge on any atom is -0.339 e. The molecule has 0 aliphatic carbocycles. The zero-order valence-electron chi connectivity index (χ0n) is 10.8. The number of benzene rings is 1. The van der Waals surface area contributed by atoms with Gasteiger partial charge in [0.1, 0.15) is 0 Å². The van der Waals surface area contributed by atoms with Gasteiger partial charge < -0.3 is 4.90 Å². The Morgan fingerprint density at radius 1 is 1.10 bits per heavy atom. The monoisotopic (exact) mass is 349 g/mol. The van der Waals surface area contributed by atoms with Crippen LogP contribution in [0.4, 0.5) is 13.2 Å². The van der Waals surface area contributed by atoms with E-state index < -0.39 is 11.7 Å². The van der Waals surface area contributed by atoms with Crippen LogP contribution in [0, 0.1) is 0 Å². The SMILES string of the molecule is O=C(c1ccc(Br)c(C(F)(F)F)c1)N1CCCCCC1. The summed E-state index contributed by atoms with van der Waals surface area (Å²) in [6.45, 7) is 1.24. The third-order valence-electron chi connectivity index (χ3n) is 3.41. The first-order chi connectivity index (χ1) is 9.39. The molecule has 2 rings (SSSR count). The summed E-state index contributed by atoms with van der Waals surface area (Å²) in [7, 11) is 0. The lowest BCUT2D eigenvalue weighted by molar-refractivity contribution is -0.138. The molecule has 0 radical (unpaired) electrons. The quantitative estimate of drug-likeness (QED) is 0.731. The van der Waals surface area contributed by atoms with Crippen molar-refractivity contribution in [3.8, 4) is 0 Å². The van der Waals surface area contributed by atoms with Gasteiger partial charge in [-0.2, -0.15) is 13.2 Å². The van der Waals surface area contributed by atoms with E-state index in [0.717, 1.165) is 31.7 Å². The van der Waals surface area contributed by atoms with Crippen molar-refractivity contribution in [2.75, 3.05) is 13.1 Å². The standard InChI is InChI=1S/C14H15BrF3NO/c15-12-6-5-10(9-11(12)14(16,17)18)13(20)19-7-3-1-2-4-8-19/h5-6,9H,1-4,7-8H2. The summed E-state index contributed by atoms with van der Waals surface area (Å²) in [4.78, 5) is 13.9. The van der Waals surface area contributed by atoms with Crippen LogP contribution in [0.2, 0.25) is 0 Å². The Morgan fingerprint density at radius 3 is 2.25 bits per heavy atom. The number of hydrogen-bond acceptors (Lipinski definition) is 1. The van der Waals surface area contributed by atoms with Gasteiger partial charge in [0.25, 0.3) is 5.91 Å². The van der Waals surface area contributed by atoms with E-state index >= 15 is 0 Å². The number of carbonyl (C=O) groups is 1. The fourth-order valence-electron chi connectivity index (χ4n) is 2.33. The Bertz CT molecular complexity index is 494. The minimum atomic E-state index is -4.46. The number of alkyl halides is 3. The molecule has 0 saturated carbocycles. The number of halogens is 4. The van der Waals surface area contributed by atoms with E-state index in [1.165, 1.54) is 12.1 Å². The van der Waals surface area contributed by atoms with E-state index in [0.29, 0.717) is 13.1 Å². The van der Waals surface area contributed by atoms with Crippen LogP contribution in [0.25, 0.3) is 0 Å². The fourth-order valence-corrected chi connectivity index (χ4v) is 2.80. The molecule has 2 nitrogen and oxygen atoms in total. The highest BCUT2D eigenvalue weighted by molar-refractivity contribution is 9.10. The number of amides is 1. The van der Waals surface area contributed by atoms with Gasteiger partial charge in [-0.3, -0.25) is 4.79 Å². The van der Waals surface area contributed by atoms with E-state index in [9.17, 15) is 18.0 Å². The Balaban J connectivity index is 2.26. The predicted octanol–water partition coefficient (Wildman–Crippen LogP) is 4.48. The van der Waals surface area contributed by atoms with Gasteiger partial charge in [0, 0.05) is 23.1 Å². The highest BCUT2D eigenvalue weighted by Crippen LogP contribution is 2.35. The average molecular weight is 350 g/mol. The first-order valence-electron chi connectivity index (χ1n) is 6.55. The molecule has 1 amide bonds. The van der Waals surface area contributed by atoms with E-state index in [1.54, 1.807) is 4.90 Å². The summed E-state index contributed by atoms with van der Waals surface area (Å²) >= 11 is 2.88. The normalized spacial score (nSPS) is 16.9. The highest BCUT2D eigenvalue weighted by Gasteiger charge is 2.34. The van der Waals surface area contributed by atoms with Crippen LogP contribution in [0.5, 0.6) is 0 Å². The molecule has 1 aliphatic heterocycles. The summed E-state index contributed by atoms with van der Waals surface area (Å²) in [6, 6.07) is 3.65. The zero-order chi connectivity index (χ0) is 14.8. The first-order valence-corrected chi connectivity index (χ1v) is 7.35. The third-order valence-corrected chi connectivity index (χ3v) is 4.10. The van der Waals surface area contributed by atoms with Gasteiger partial charge in [-0.1, -0.05) is 28.8 Å². The van der Waals surface area contributed by atoms with Crippen LogP contribution in [-0.4, -0.2) is 23.9 Å². The van der Waals surface area contributed by atoms with Gasteiger partial charge >= 0.3 is 6.18 Å². The second-order valence-electron chi connectivity index (χ2n) is 4.90. The van der Waals surface area contributed by atoms with Crippen molar-refractivity contribution >= 4 is 21.8 Å². The van der Waals surface area contributed by atoms with Crippen LogP contribution < -0.4 is 0 Å². The van der Waals surface area contributed by atoms with Gasteiger partial charge in [0.15, 0.2) is 0 Å². The molecule has 0 N–H and O–H groups in total. The molecule has 1 aromatic rings. The molecular weight excluding hydrogens is 335 g/mol. The lowest BCUT2D eigenvalue weighted by Gasteiger charge is -2.21. The van der Waals surface area contributed by atoms with Crippen LogP contribution in [0.1, 0.15) is 41.6 Å². The minimum absolute atomic E-state index is 0.0441. The van der Waals surface area contributed by atoms with Gasteiger partial charge in [-0.25, -0.2) is 0 Å². The molecule has 0 spiro atoms. The first kappa shape index (κ1) is 15.4. The molecule has 0 aromatic heterocycles. The average Bonchev–Trinajstić information content (AvgIpc) is 2.66. The summed E-state index contributed by atoms with van der Waals surface area (Å²) < 4.78 is 38.5. The van der Waals surface area contributed by atoms with Crippen LogP contribution in [0.15, 0.2) is 22.7 Å². The number of rotatable bonds is 1. The van der Waals surface area contributed by atoms with E-state index in [1.807, 2.05) is 0 Å². The lowest BCUT2D eigenvalue weighted by Crippen LogP contribution is -2.32. The van der Waals surface area contributed by atoms with Crippen molar-refractivity contribution in [1.29, 1.82) is 0 Å². The third kappa shape index (κ3) is 3.53. The van der Waals surface area contributed by atoms with E-state index in [4.69, 9.17) is 0 Å². The van der Waals surface area contributed by atoms with E-state index in [-0.39, 0.29) is 15.9 Å². The maximum atomic E-state index is 12.8. The van der Waals surface area contributed by atoms with Gasteiger partial charge in [0.05, 0.1) is 5.56 Å². The summed E-state index contributed by atoms with van der Waals surface area (Å²) in [5.41, 5.74) is -0.708. The maximum absolute atomic E-state index is 12.8. The second kappa shape index (κ2) is 6.16. The van der Waals surface area contributed by atoms with Crippen molar-refractivity contribution in [2.24, 2.45) is 0 Å². The molecule has 0 unspecified atom stereocenters. The molecule has 1 aromatic carbocycles. The van der Waals surface area contributed by atoms with Gasteiger partial charge in [0.2, 0.25) is 0 Å². The molecule has 1 heterocycles. The summed E-state index contributed by atoms with van der Waals surface area (Å²) in [6.07, 6.45) is -0.507. The maximum Gasteiger partial charge on any atom is 0.417 e. The topological polar surface area (TPSA) is 20.3 Å². The molecule has 20 heavy (non-hydrogen) atoms. The summed E-state index contributed by atoms with van der Waals surface area (Å²) in [5, 5.41) is 0. The van der Waals surface area contributed by atoms with Crippen molar-refractivity contribution in [1.82, 2.24) is 4.90 Å². The smallest absolute Gasteiger partial charge is 0.339 e. The Labute approximate surface area is 124 Å². The summed E-state index contributed by atoms with van der Waals surface area (Å²) in [5.74, 6) is -0.315. The van der Waals surface area contributed by atoms with Gasteiger partial charge in [-0.15, -0.1) is 0 Å². The van der Waals surface area contributed by atoms with Crippen molar-refractivity contribution < 1.29 is 18.0 Å². The number of nitrogens with zero attached hydrogens (tertiary/aromatic N) is 1. The highest BCUT2D eigenvalue weighted by atomic mass is 79.9.